The van der Waals surface area contributed by atoms with Crippen molar-refractivity contribution in [1.82, 2.24) is 25.8 Å². The summed E-state index contributed by atoms with van der Waals surface area (Å²) in [6.07, 6.45) is -0.559. The average Bonchev–Trinajstić information content (AvgIpc) is 3.12. The lowest BCUT2D eigenvalue weighted by atomic mass is 9.94. The van der Waals surface area contributed by atoms with Crippen LogP contribution in [0.1, 0.15) is 57.6 Å². The van der Waals surface area contributed by atoms with Crippen LogP contribution in [0.5, 0.6) is 0 Å². The van der Waals surface area contributed by atoms with E-state index in [9.17, 15) is 24.6 Å². The molecule has 0 radical (unpaired) electrons. The third-order valence-corrected chi connectivity index (χ3v) is 9.51. The van der Waals surface area contributed by atoms with Crippen LogP contribution in [0.25, 0.3) is 10.8 Å². The number of aliphatic hydroxyl groups is 2. The number of rotatable bonds is 18. The molecule has 1 aliphatic heterocycles. The van der Waals surface area contributed by atoms with E-state index in [0.29, 0.717) is 25.8 Å². The van der Waals surface area contributed by atoms with Crippen LogP contribution < -0.4 is 16.0 Å². The van der Waals surface area contributed by atoms with E-state index in [2.05, 4.69) is 32.8 Å². The summed E-state index contributed by atoms with van der Waals surface area (Å²) in [5, 5.41) is 33.0. The van der Waals surface area contributed by atoms with Gasteiger partial charge in [0.1, 0.15) is 24.8 Å². The lowest BCUT2D eigenvalue weighted by Gasteiger charge is -2.36. The van der Waals surface area contributed by atoms with E-state index in [1.807, 2.05) is 93.6 Å². The Kier molecular flexibility index (Phi) is 15.7. The molecule has 3 aromatic rings. The summed E-state index contributed by atoms with van der Waals surface area (Å²) in [5.41, 5.74) is 1.67. The zero-order valence-corrected chi connectivity index (χ0v) is 30.6. The largest absolute Gasteiger partial charge is 0.445 e. The second-order valence-corrected chi connectivity index (χ2v) is 14.2. The van der Waals surface area contributed by atoms with Crippen molar-refractivity contribution < 1.29 is 29.3 Å². The molecule has 0 aliphatic carbocycles. The molecule has 0 unspecified atom stereocenters. The number of β-amino-alcohol motifs (C(OH)–C–C–N with tert-alkyl or cyclic N) is 1. The average molecular weight is 704 g/mol. The zero-order chi connectivity index (χ0) is 36.8. The Morgan fingerprint density at radius 1 is 0.824 bits per heavy atom. The first kappa shape index (κ1) is 39.8. The van der Waals surface area contributed by atoms with Crippen molar-refractivity contribution in [2.75, 3.05) is 39.8 Å². The van der Waals surface area contributed by atoms with E-state index in [1.54, 1.807) is 0 Å². The molecule has 51 heavy (non-hydrogen) atoms. The predicted octanol–water partition coefficient (Wildman–Crippen LogP) is 3.85. The van der Waals surface area contributed by atoms with E-state index in [1.165, 1.54) is 0 Å². The van der Waals surface area contributed by atoms with Gasteiger partial charge >= 0.3 is 6.09 Å². The molecule has 0 spiro atoms. The minimum Gasteiger partial charge on any atom is -0.445 e. The van der Waals surface area contributed by atoms with Crippen molar-refractivity contribution in [1.29, 1.82) is 0 Å². The Bertz CT molecular complexity index is 1520. The monoisotopic (exact) mass is 703 g/mol. The second-order valence-electron chi connectivity index (χ2n) is 14.2. The van der Waals surface area contributed by atoms with Gasteiger partial charge < -0.3 is 35.8 Å². The van der Waals surface area contributed by atoms with E-state index >= 15 is 0 Å². The number of aliphatic hydroxyl groups excluding tert-OH is 2. The van der Waals surface area contributed by atoms with Crippen LogP contribution in [0, 0.1) is 5.92 Å². The maximum atomic E-state index is 14.1. The van der Waals surface area contributed by atoms with Crippen LogP contribution in [0.3, 0.4) is 0 Å². The van der Waals surface area contributed by atoms with Gasteiger partial charge in [-0.25, -0.2) is 4.79 Å². The molecule has 1 saturated heterocycles. The third kappa shape index (κ3) is 12.6. The van der Waals surface area contributed by atoms with Crippen molar-refractivity contribution in [3.63, 3.8) is 0 Å². The molecule has 4 rings (SSSR count). The van der Waals surface area contributed by atoms with Crippen molar-refractivity contribution in [2.45, 2.75) is 89.8 Å². The van der Waals surface area contributed by atoms with Crippen LogP contribution in [-0.2, 0) is 27.4 Å². The number of amides is 3. The molecular weight excluding hydrogens is 646 g/mol. The number of hydrogen-bond donors (Lipinski definition) is 5. The first-order valence-corrected chi connectivity index (χ1v) is 18.4. The van der Waals surface area contributed by atoms with Gasteiger partial charge in [-0.1, -0.05) is 106 Å². The Morgan fingerprint density at radius 2 is 1.49 bits per heavy atom. The number of carbonyl (C=O) groups excluding carboxylic acids is 3. The van der Waals surface area contributed by atoms with Crippen LogP contribution >= 0.6 is 0 Å². The van der Waals surface area contributed by atoms with Crippen LogP contribution in [0.2, 0.25) is 0 Å². The Labute approximate surface area is 302 Å². The maximum absolute atomic E-state index is 14.1. The fourth-order valence-corrected chi connectivity index (χ4v) is 6.50. The Morgan fingerprint density at radius 3 is 2.20 bits per heavy atom. The lowest BCUT2D eigenvalue weighted by Crippen LogP contribution is -2.58. The number of piperazine rings is 1. The van der Waals surface area contributed by atoms with Crippen molar-refractivity contribution in [3.8, 4) is 0 Å². The molecule has 5 atom stereocenters. The summed E-state index contributed by atoms with van der Waals surface area (Å²) >= 11 is 0. The van der Waals surface area contributed by atoms with Gasteiger partial charge in [0.25, 0.3) is 0 Å². The number of ether oxygens (including phenoxy) is 1. The second kappa shape index (κ2) is 20.1. The summed E-state index contributed by atoms with van der Waals surface area (Å²) in [7, 11) is 2.06. The number of nitrogens with one attached hydrogen (secondary N) is 3. The zero-order valence-electron chi connectivity index (χ0n) is 30.6. The van der Waals surface area contributed by atoms with Crippen LogP contribution in [-0.4, -0.2) is 108 Å². The van der Waals surface area contributed by atoms with Gasteiger partial charge in [-0.15, -0.1) is 0 Å². The van der Waals surface area contributed by atoms with E-state index in [0.717, 1.165) is 54.5 Å². The molecule has 0 bridgehead atoms. The number of hydrogen-bond acceptors (Lipinski definition) is 8. The molecule has 1 heterocycles. The molecule has 1 aliphatic rings. The minimum absolute atomic E-state index is 0.0387. The standard InChI is InChI=1S/C40H57N5O6/c1-5-6-19-33(38(48)42-34(24-28(2)3)37(47)36(46)26-45-22-20-44(4)21-23-45)41-39(49)35(43-40(50)51-27-29-13-8-7-9-14-29)25-31-17-12-16-30-15-10-11-18-32(30)31/h7-18,28,33-37,46-47H,5-6,19-27H2,1-4H3,(H,41,49)(H,42,48)(H,43,50)/t33-,34-,35-,36-,37+/m0/s1. The highest BCUT2D eigenvalue weighted by atomic mass is 16.5. The lowest BCUT2D eigenvalue weighted by molar-refractivity contribution is -0.131. The number of benzene rings is 3. The van der Waals surface area contributed by atoms with Crippen molar-refractivity contribution >= 4 is 28.7 Å². The molecule has 11 nitrogen and oxygen atoms in total. The van der Waals surface area contributed by atoms with E-state index < -0.39 is 48.2 Å². The van der Waals surface area contributed by atoms with Crippen molar-refractivity contribution in [2.24, 2.45) is 5.92 Å². The third-order valence-electron chi connectivity index (χ3n) is 9.51. The molecule has 1 fully saturated rings. The highest BCUT2D eigenvalue weighted by Crippen LogP contribution is 2.21. The van der Waals surface area contributed by atoms with Crippen LogP contribution in [0.4, 0.5) is 4.79 Å². The molecule has 278 valence electrons. The molecule has 0 saturated carbocycles. The number of carbonyl (C=O) groups is 3. The maximum Gasteiger partial charge on any atom is 0.408 e. The van der Waals surface area contributed by atoms with Crippen LogP contribution in [0.15, 0.2) is 72.8 Å². The molecule has 0 aromatic heterocycles. The van der Waals surface area contributed by atoms with Crippen molar-refractivity contribution in [3.05, 3.63) is 83.9 Å². The molecule has 5 N–H and O–H groups in total. The summed E-state index contributed by atoms with van der Waals surface area (Å²) in [4.78, 5) is 45.4. The first-order chi connectivity index (χ1) is 24.5. The van der Waals surface area contributed by atoms with Gasteiger partial charge in [-0.3, -0.25) is 14.5 Å². The number of likely N-dealkylation sites (N-methyl/N-ethyl adjacent to an activating group) is 1. The highest BCUT2D eigenvalue weighted by molar-refractivity contribution is 5.92. The predicted molar refractivity (Wildman–Crippen MR) is 200 cm³/mol. The summed E-state index contributed by atoms with van der Waals surface area (Å²) in [5.74, 6) is -0.837. The number of unbranched alkanes of at least 4 members (excludes halogenated alkanes) is 1. The van der Waals surface area contributed by atoms with Gasteiger partial charge in [-0.2, -0.15) is 0 Å². The van der Waals surface area contributed by atoms with Gasteiger partial charge in [0.05, 0.1) is 12.1 Å². The first-order valence-electron chi connectivity index (χ1n) is 18.4. The topological polar surface area (TPSA) is 143 Å². The molecule has 3 amide bonds. The van der Waals surface area contributed by atoms with E-state index in [4.69, 9.17) is 4.74 Å². The fourth-order valence-electron chi connectivity index (χ4n) is 6.50. The Balaban J connectivity index is 1.50. The summed E-state index contributed by atoms with van der Waals surface area (Å²) < 4.78 is 5.48. The Hall–Kier alpha value is -4.03. The number of fused-ring (bicyclic) bond motifs is 1. The quantitative estimate of drug-likeness (QED) is 0.135. The SMILES string of the molecule is CCCC[C@H](NC(=O)[C@H](Cc1cccc2ccccc12)NC(=O)OCc1ccccc1)C(=O)N[C@@H](CC(C)C)[C@@H](O)[C@@H](O)CN1CCN(C)CC1. The van der Waals surface area contributed by atoms with Gasteiger partial charge in [0.15, 0.2) is 0 Å². The highest BCUT2D eigenvalue weighted by Gasteiger charge is 2.33. The van der Waals surface area contributed by atoms with Gasteiger partial charge in [-0.05, 0) is 47.7 Å². The molecule has 3 aromatic carbocycles. The van der Waals surface area contributed by atoms with Gasteiger partial charge in [0, 0.05) is 39.1 Å². The summed E-state index contributed by atoms with van der Waals surface area (Å²) in [6, 6.07) is 20.3. The minimum atomic E-state index is -1.20. The smallest absolute Gasteiger partial charge is 0.408 e. The summed E-state index contributed by atoms with van der Waals surface area (Å²) in [6.45, 7) is 9.69. The number of nitrogens with zero attached hydrogens (tertiary/aromatic N) is 2. The normalized spacial score (nSPS) is 16.9. The fraction of sp³-hybridized carbons (Fsp3) is 0.525. The molecule has 11 heteroatoms. The number of alkyl carbamates (subject to hydrolysis) is 1. The van der Waals surface area contributed by atoms with E-state index in [-0.39, 0.29) is 18.9 Å². The molecular formula is C40H57N5O6. The van der Waals surface area contributed by atoms with Gasteiger partial charge in [0.2, 0.25) is 11.8 Å².